The molecule has 7 heavy (non-hydrogen) atoms. The fourth-order valence-corrected chi connectivity index (χ4v) is 0.276. The first-order valence-electron chi connectivity index (χ1n) is 2.26. The Labute approximate surface area is 44.5 Å². The summed E-state index contributed by atoms with van der Waals surface area (Å²) in [5, 5.41) is 0. The van der Waals surface area contributed by atoms with E-state index < -0.39 is 0 Å². The molecule has 0 heterocycles. The van der Waals surface area contributed by atoms with Gasteiger partial charge in [0.25, 0.3) is 0 Å². The molecule has 1 N–H and O–H groups in total. The van der Waals surface area contributed by atoms with Gasteiger partial charge in [0.05, 0.1) is 0 Å². The maximum absolute atomic E-state index is 7.03. The van der Waals surface area contributed by atoms with E-state index in [4.69, 9.17) is 5.73 Å². The predicted molar refractivity (Wildman–Crippen MR) is 31.9 cm³/mol. The smallest absolute Gasteiger partial charge is 0.0424 e. The molecule has 1 nitrogen and oxygen atoms in total. The largest absolute Gasteiger partial charge is 0.250 e. The molecule has 1 heteroatoms. The van der Waals surface area contributed by atoms with Gasteiger partial charge in [-0.05, 0) is 6.42 Å². The van der Waals surface area contributed by atoms with Gasteiger partial charge >= 0.3 is 0 Å². The topological polar surface area (TPSA) is 23.8 Å². The van der Waals surface area contributed by atoms with Gasteiger partial charge in [-0.1, -0.05) is 12.2 Å². The van der Waals surface area contributed by atoms with Crippen molar-refractivity contribution in [1.82, 2.24) is 5.73 Å². The van der Waals surface area contributed by atoms with E-state index in [1.807, 2.05) is 0 Å². The van der Waals surface area contributed by atoms with E-state index in [0.717, 1.165) is 0 Å². The van der Waals surface area contributed by atoms with Gasteiger partial charge in [0, 0.05) is 6.04 Å². The molecule has 0 aromatic carbocycles. The lowest BCUT2D eigenvalue weighted by atomic mass is 10.2. The van der Waals surface area contributed by atoms with Crippen LogP contribution in [0.3, 0.4) is 0 Å². The van der Waals surface area contributed by atoms with Gasteiger partial charge in [-0.25, -0.2) is 0 Å². The summed E-state index contributed by atoms with van der Waals surface area (Å²) in [6.45, 7) is 6.92. The molecule has 0 aliphatic carbocycles. The van der Waals surface area contributed by atoms with Crippen molar-refractivity contribution >= 4 is 0 Å². The van der Waals surface area contributed by atoms with Crippen LogP contribution in [0.4, 0.5) is 0 Å². The zero-order valence-electron chi connectivity index (χ0n) is 4.35. The molecule has 0 bridgehead atoms. The Bertz CT molecular complexity index is 66.6. The van der Waals surface area contributed by atoms with Crippen molar-refractivity contribution in [1.29, 1.82) is 0 Å². The second kappa shape index (κ2) is 3.62. The molecule has 0 amide bonds. The van der Waals surface area contributed by atoms with Gasteiger partial charge in [-0.3, -0.25) is 5.73 Å². The normalized spacial score (nSPS) is 12.7. The zero-order chi connectivity index (χ0) is 5.70. The monoisotopic (exact) mass is 96.1 g/mol. The third-order valence-corrected chi connectivity index (χ3v) is 0.705. The molecule has 0 saturated heterocycles. The van der Waals surface area contributed by atoms with Crippen LogP contribution >= 0.6 is 0 Å². The van der Waals surface area contributed by atoms with Crippen LogP contribution in [0.25, 0.3) is 0 Å². The molecule has 1 radical (unpaired) electrons. The lowest BCUT2D eigenvalue weighted by Gasteiger charge is -1.94. The van der Waals surface area contributed by atoms with Crippen molar-refractivity contribution in [2.75, 3.05) is 0 Å². The molecule has 1 atom stereocenters. The molecule has 39 valence electrons. The van der Waals surface area contributed by atoms with Crippen LogP contribution in [-0.4, -0.2) is 6.04 Å². The minimum absolute atomic E-state index is 0.155. The van der Waals surface area contributed by atoms with Gasteiger partial charge in [0.15, 0.2) is 0 Å². The number of nitrogens with one attached hydrogen (secondary N) is 1. The summed E-state index contributed by atoms with van der Waals surface area (Å²) in [7, 11) is 0. The fourth-order valence-electron chi connectivity index (χ4n) is 0.276. The minimum atomic E-state index is -0.155. The highest BCUT2D eigenvalue weighted by Crippen LogP contribution is 1.88. The van der Waals surface area contributed by atoms with Crippen molar-refractivity contribution in [3.05, 3.63) is 25.3 Å². The molecule has 0 aromatic heterocycles. The van der Waals surface area contributed by atoms with Crippen LogP contribution in [0, 0.1) is 0 Å². The van der Waals surface area contributed by atoms with Crippen molar-refractivity contribution < 1.29 is 0 Å². The van der Waals surface area contributed by atoms with Gasteiger partial charge in [-0.2, -0.15) is 0 Å². The Morgan fingerprint density at radius 1 is 1.57 bits per heavy atom. The Kier molecular flexibility index (Phi) is 3.33. The summed E-state index contributed by atoms with van der Waals surface area (Å²) in [5.74, 6) is 0. The first-order valence-corrected chi connectivity index (χ1v) is 2.26. The minimum Gasteiger partial charge on any atom is -0.250 e. The standard InChI is InChI=1S/C6H10N/c1-3-5-6(7)4-2/h3-4,6-7H,1-2,5H2. The lowest BCUT2D eigenvalue weighted by Crippen LogP contribution is -2.00. The molecule has 0 spiro atoms. The Balaban J connectivity index is 3.15. The highest BCUT2D eigenvalue weighted by molar-refractivity contribution is 4.87. The van der Waals surface area contributed by atoms with E-state index in [2.05, 4.69) is 13.2 Å². The molecule has 0 fully saturated rings. The van der Waals surface area contributed by atoms with E-state index in [1.165, 1.54) is 0 Å². The molecule has 0 aromatic rings. The summed E-state index contributed by atoms with van der Waals surface area (Å²) in [6, 6.07) is -0.155. The van der Waals surface area contributed by atoms with E-state index in [-0.39, 0.29) is 6.04 Å². The van der Waals surface area contributed by atoms with Gasteiger partial charge < -0.3 is 0 Å². The summed E-state index contributed by atoms with van der Waals surface area (Å²) in [6.07, 6.45) is 4.03. The van der Waals surface area contributed by atoms with Crippen molar-refractivity contribution in [3.63, 3.8) is 0 Å². The highest BCUT2D eigenvalue weighted by atomic mass is 14.6. The third-order valence-electron chi connectivity index (χ3n) is 0.705. The lowest BCUT2D eigenvalue weighted by molar-refractivity contribution is 0.810. The zero-order valence-corrected chi connectivity index (χ0v) is 4.35. The summed E-state index contributed by atoms with van der Waals surface area (Å²) in [4.78, 5) is 0. The maximum atomic E-state index is 7.03. The molecular formula is C6H10N. The van der Waals surface area contributed by atoms with E-state index in [9.17, 15) is 0 Å². The fraction of sp³-hybridized carbons (Fsp3) is 0.333. The summed E-state index contributed by atoms with van der Waals surface area (Å²) >= 11 is 0. The second-order valence-corrected chi connectivity index (χ2v) is 1.37. The molecule has 0 saturated carbocycles. The Morgan fingerprint density at radius 3 is 2.29 bits per heavy atom. The molecule has 0 aliphatic heterocycles. The van der Waals surface area contributed by atoms with E-state index in [1.54, 1.807) is 12.2 Å². The van der Waals surface area contributed by atoms with E-state index >= 15 is 0 Å². The predicted octanol–water partition coefficient (Wildman–Crippen LogP) is 1.40. The van der Waals surface area contributed by atoms with Gasteiger partial charge in [-0.15, -0.1) is 13.2 Å². The first-order chi connectivity index (χ1) is 3.31. The average molecular weight is 96.2 g/mol. The van der Waals surface area contributed by atoms with Crippen molar-refractivity contribution in [2.24, 2.45) is 0 Å². The van der Waals surface area contributed by atoms with Crippen LogP contribution < -0.4 is 5.73 Å². The van der Waals surface area contributed by atoms with E-state index in [0.29, 0.717) is 6.42 Å². The number of rotatable bonds is 3. The SMILES string of the molecule is C=CCC([NH])C=C. The first kappa shape index (κ1) is 6.44. The number of hydrogen-bond acceptors (Lipinski definition) is 0. The second-order valence-electron chi connectivity index (χ2n) is 1.37. The van der Waals surface area contributed by atoms with Crippen LogP contribution in [0.5, 0.6) is 0 Å². The quantitative estimate of drug-likeness (QED) is 0.474. The molecule has 0 rings (SSSR count). The van der Waals surface area contributed by atoms with Crippen LogP contribution in [0.1, 0.15) is 6.42 Å². The Morgan fingerprint density at radius 2 is 2.14 bits per heavy atom. The molecule has 0 aliphatic rings. The molecule has 1 unspecified atom stereocenters. The van der Waals surface area contributed by atoms with Gasteiger partial charge in [0.2, 0.25) is 0 Å². The number of hydrogen-bond donors (Lipinski definition) is 0. The van der Waals surface area contributed by atoms with Crippen molar-refractivity contribution in [3.8, 4) is 0 Å². The van der Waals surface area contributed by atoms with Crippen LogP contribution in [-0.2, 0) is 0 Å². The maximum Gasteiger partial charge on any atom is 0.0424 e. The average Bonchev–Trinajstić information content (AvgIpc) is 1.68. The van der Waals surface area contributed by atoms with Crippen LogP contribution in [0.15, 0.2) is 25.3 Å². The highest BCUT2D eigenvalue weighted by Gasteiger charge is 1.87. The molecular weight excluding hydrogens is 86.1 g/mol. The summed E-state index contributed by atoms with van der Waals surface area (Å²) < 4.78 is 0. The summed E-state index contributed by atoms with van der Waals surface area (Å²) in [5.41, 5.74) is 7.03. The Hall–Kier alpha value is -0.560. The van der Waals surface area contributed by atoms with Crippen molar-refractivity contribution in [2.45, 2.75) is 12.5 Å². The van der Waals surface area contributed by atoms with Crippen LogP contribution in [0.2, 0.25) is 0 Å². The van der Waals surface area contributed by atoms with Gasteiger partial charge in [0.1, 0.15) is 0 Å². The third kappa shape index (κ3) is 3.27.